The van der Waals surface area contributed by atoms with Gasteiger partial charge in [-0.3, -0.25) is 9.59 Å². The van der Waals surface area contributed by atoms with Crippen LogP contribution in [-0.4, -0.2) is 47.0 Å². The van der Waals surface area contributed by atoms with Gasteiger partial charge in [0.2, 0.25) is 5.91 Å². The summed E-state index contributed by atoms with van der Waals surface area (Å²) in [4.78, 5) is 37.2. The molecule has 2 aliphatic rings. The van der Waals surface area contributed by atoms with Crippen molar-refractivity contribution in [2.24, 2.45) is 11.8 Å². The van der Waals surface area contributed by atoms with Gasteiger partial charge in [-0.25, -0.2) is 4.79 Å². The van der Waals surface area contributed by atoms with E-state index in [9.17, 15) is 14.4 Å². The summed E-state index contributed by atoms with van der Waals surface area (Å²) in [6.07, 6.45) is 3.97. The van der Waals surface area contributed by atoms with Gasteiger partial charge in [-0.1, -0.05) is 0 Å². The molecule has 1 unspecified atom stereocenters. The van der Waals surface area contributed by atoms with Crippen LogP contribution in [0.4, 0.5) is 0 Å². The van der Waals surface area contributed by atoms with Gasteiger partial charge in [0.15, 0.2) is 0 Å². The average Bonchev–Trinajstić information content (AvgIpc) is 2.97. The molecular weight excluding hydrogens is 274 g/mol. The number of ether oxygens (including phenoxy) is 1. The van der Waals surface area contributed by atoms with Crippen LogP contribution in [0.5, 0.6) is 0 Å². The monoisotopic (exact) mass is 297 g/mol. The third kappa shape index (κ3) is 3.54. The third-order valence-electron chi connectivity index (χ3n) is 4.48. The number of hydrogen-bond donors (Lipinski definition) is 1. The lowest BCUT2D eigenvalue weighted by atomic mass is 9.97. The first-order valence-electron chi connectivity index (χ1n) is 7.74. The second-order valence-corrected chi connectivity index (χ2v) is 5.84. The summed E-state index contributed by atoms with van der Waals surface area (Å²) in [7, 11) is 0. The van der Waals surface area contributed by atoms with Crippen LogP contribution < -0.4 is 0 Å². The standard InChI is InChI=1S/C15H23NO5/c1-2-21-15(20)12-5-3-4-8-16(12)13(17)10-6-7-11(9-10)14(18)19/h10-12H,2-9H2,1H3,(H,18,19)/t10-,11+,12?/m1/s1. The van der Waals surface area contributed by atoms with Crippen LogP contribution in [0.3, 0.4) is 0 Å². The number of carbonyl (C=O) groups is 3. The van der Waals surface area contributed by atoms with Crippen molar-refractivity contribution in [2.45, 2.75) is 51.5 Å². The molecule has 1 aliphatic carbocycles. The quantitative estimate of drug-likeness (QED) is 0.794. The Morgan fingerprint density at radius 3 is 2.48 bits per heavy atom. The van der Waals surface area contributed by atoms with Crippen molar-refractivity contribution in [1.29, 1.82) is 0 Å². The number of nitrogens with zero attached hydrogens (tertiary/aromatic N) is 1. The highest BCUT2D eigenvalue weighted by atomic mass is 16.5. The molecule has 0 aromatic rings. The number of aliphatic carboxylic acids is 1. The lowest BCUT2D eigenvalue weighted by Crippen LogP contribution is -2.50. The Morgan fingerprint density at radius 1 is 1.14 bits per heavy atom. The molecule has 1 saturated carbocycles. The number of carboxylic acids is 1. The second kappa shape index (κ2) is 6.91. The molecule has 1 amide bonds. The highest BCUT2D eigenvalue weighted by molar-refractivity contribution is 5.87. The molecule has 1 N–H and O–H groups in total. The minimum absolute atomic E-state index is 0.0727. The van der Waals surface area contributed by atoms with Gasteiger partial charge < -0.3 is 14.7 Å². The van der Waals surface area contributed by atoms with Crippen molar-refractivity contribution >= 4 is 17.8 Å². The van der Waals surface area contributed by atoms with Gasteiger partial charge in [-0.2, -0.15) is 0 Å². The Kier molecular flexibility index (Phi) is 5.20. The van der Waals surface area contributed by atoms with Crippen LogP contribution in [-0.2, 0) is 19.1 Å². The van der Waals surface area contributed by atoms with E-state index in [1.165, 1.54) is 0 Å². The molecule has 3 atom stereocenters. The van der Waals surface area contributed by atoms with Crippen LogP contribution >= 0.6 is 0 Å². The fourth-order valence-electron chi connectivity index (χ4n) is 3.34. The van der Waals surface area contributed by atoms with Crippen LogP contribution in [0.25, 0.3) is 0 Å². The zero-order valence-electron chi connectivity index (χ0n) is 12.4. The molecule has 0 spiro atoms. The van der Waals surface area contributed by atoms with Gasteiger partial charge >= 0.3 is 11.9 Å². The highest BCUT2D eigenvalue weighted by Gasteiger charge is 2.40. The zero-order chi connectivity index (χ0) is 15.4. The van der Waals surface area contributed by atoms with Crippen LogP contribution in [0.2, 0.25) is 0 Å². The fourth-order valence-corrected chi connectivity index (χ4v) is 3.34. The average molecular weight is 297 g/mol. The van der Waals surface area contributed by atoms with Gasteiger partial charge in [0.25, 0.3) is 0 Å². The molecular formula is C15H23NO5. The van der Waals surface area contributed by atoms with E-state index in [0.717, 1.165) is 12.8 Å². The summed E-state index contributed by atoms with van der Waals surface area (Å²) in [6, 6.07) is -0.491. The summed E-state index contributed by atoms with van der Waals surface area (Å²) in [5, 5.41) is 9.03. The normalized spacial score (nSPS) is 29.2. The van der Waals surface area contributed by atoms with Crippen molar-refractivity contribution in [1.82, 2.24) is 4.90 Å². The number of carbonyl (C=O) groups excluding carboxylic acids is 2. The number of likely N-dealkylation sites (tertiary alicyclic amines) is 1. The van der Waals surface area contributed by atoms with E-state index in [1.54, 1.807) is 11.8 Å². The first kappa shape index (κ1) is 15.8. The minimum Gasteiger partial charge on any atom is -0.481 e. The summed E-state index contributed by atoms with van der Waals surface area (Å²) < 4.78 is 5.06. The predicted octanol–water partition coefficient (Wildman–Crippen LogP) is 1.43. The molecule has 2 rings (SSSR count). The van der Waals surface area contributed by atoms with E-state index in [2.05, 4.69) is 0 Å². The summed E-state index contributed by atoms with van der Waals surface area (Å²) >= 11 is 0. The molecule has 1 aliphatic heterocycles. The molecule has 118 valence electrons. The Balaban J connectivity index is 2.02. The Labute approximate surface area is 124 Å². The smallest absolute Gasteiger partial charge is 0.328 e. The van der Waals surface area contributed by atoms with Gasteiger partial charge in [0, 0.05) is 12.5 Å². The maximum Gasteiger partial charge on any atom is 0.328 e. The Hall–Kier alpha value is -1.59. The largest absolute Gasteiger partial charge is 0.481 e. The van der Waals surface area contributed by atoms with Crippen molar-refractivity contribution < 1.29 is 24.2 Å². The molecule has 0 aromatic carbocycles. The summed E-state index contributed by atoms with van der Waals surface area (Å²) in [5.41, 5.74) is 0. The van der Waals surface area contributed by atoms with Crippen LogP contribution in [0.15, 0.2) is 0 Å². The van der Waals surface area contributed by atoms with E-state index in [0.29, 0.717) is 38.8 Å². The molecule has 21 heavy (non-hydrogen) atoms. The number of rotatable bonds is 4. The SMILES string of the molecule is CCOC(=O)C1CCCCN1C(=O)[C@@H]1CC[C@H](C(=O)O)C1. The van der Waals surface area contributed by atoms with E-state index < -0.39 is 17.9 Å². The molecule has 0 aromatic heterocycles. The lowest BCUT2D eigenvalue weighted by Gasteiger charge is -2.35. The van der Waals surface area contributed by atoms with Crippen molar-refractivity contribution in [3.8, 4) is 0 Å². The summed E-state index contributed by atoms with van der Waals surface area (Å²) in [5.74, 6) is -1.92. The fraction of sp³-hybridized carbons (Fsp3) is 0.800. The second-order valence-electron chi connectivity index (χ2n) is 5.84. The first-order valence-corrected chi connectivity index (χ1v) is 7.74. The predicted molar refractivity (Wildman–Crippen MR) is 74.5 cm³/mol. The van der Waals surface area contributed by atoms with Crippen molar-refractivity contribution in [2.75, 3.05) is 13.2 Å². The molecule has 6 nitrogen and oxygen atoms in total. The minimum atomic E-state index is -0.828. The van der Waals surface area contributed by atoms with Gasteiger partial charge in [-0.15, -0.1) is 0 Å². The number of esters is 1. The van der Waals surface area contributed by atoms with Crippen molar-refractivity contribution in [3.05, 3.63) is 0 Å². The van der Waals surface area contributed by atoms with Crippen LogP contribution in [0, 0.1) is 11.8 Å². The number of piperidine rings is 1. The van der Waals surface area contributed by atoms with E-state index in [4.69, 9.17) is 9.84 Å². The third-order valence-corrected chi connectivity index (χ3v) is 4.48. The van der Waals surface area contributed by atoms with Crippen LogP contribution in [0.1, 0.15) is 45.4 Å². The highest BCUT2D eigenvalue weighted by Crippen LogP contribution is 2.34. The van der Waals surface area contributed by atoms with E-state index >= 15 is 0 Å². The van der Waals surface area contributed by atoms with Crippen molar-refractivity contribution in [3.63, 3.8) is 0 Å². The lowest BCUT2D eigenvalue weighted by molar-refractivity contribution is -0.158. The van der Waals surface area contributed by atoms with Gasteiger partial charge in [0.05, 0.1) is 12.5 Å². The Bertz CT molecular complexity index is 422. The van der Waals surface area contributed by atoms with Gasteiger partial charge in [-0.05, 0) is 45.4 Å². The molecule has 1 heterocycles. The maximum atomic E-state index is 12.6. The first-order chi connectivity index (χ1) is 10.0. The molecule has 6 heteroatoms. The molecule has 1 saturated heterocycles. The van der Waals surface area contributed by atoms with Gasteiger partial charge in [0.1, 0.15) is 6.04 Å². The van der Waals surface area contributed by atoms with E-state index in [1.807, 2.05) is 0 Å². The maximum absolute atomic E-state index is 12.6. The zero-order valence-corrected chi connectivity index (χ0v) is 12.4. The number of hydrogen-bond acceptors (Lipinski definition) is 4. The number of carboxylic acid groups (broad SMARTS) is 1. The summed E-state index contributed by atoms with van der Waals surface area (Å²) in [6.45, 7) is 2.62. The number of amides is 1. The molecule has 0 radical (unpaired) electrons. The van der Waals surface area contributed by atoms with E-state index in [-0.39, 0.29) is 17.8 Å². The molecule has 0 bridgehead atoms. The molecule has 2 fully saturated rings. The topological polar surface area (TPSA) is 83.9 Å². The Morgan fingerprint density at radius 2 is 1.86 bits per heavy atom.